The highest BCUT2D eigenvalue weighted by molar-refractivity contribution is 6.33. The average molecular weight is 680 g/mol. The number of unbranched alkanes of at least 4 members (excludes halogenated alkanes) is 1. The van der Waals surface area contributed by atoms with Crippen molar-refractivity contribution in [1.82, 2.24) is 19.9 Å². The highest BCUT2D eigenvalue weighted by atomic mass is 35.5. The van der Waals surface area contributed by atoms with E-state index in [2.05, 4.69) is 47.1 Å². The molecule has 4 aromatic rings. The van der Waals surface area contributed by atoms with E-state index in [0.29, 0.717) is 18.7 Å². The second-order valence-corrected chi connectivity index (χ2v) is 14.2. The number of guanidine groups is 1. The van der Waals surface area contributed by atoms with Crippen molar-refractivity contribution in [2.45, 2.75) is 84.6 Å². The molecule has 4 rings (SSSR count). The molecule has 48 heavy (non-hydrogen) atoms. The standard InChI is InChI=1S/C21H29N7O.C14H21ClN2O2/c1-21(2,3)17-11-15-13-28(20(29)27-18(15)26-17)16-7-5-14(6-8-16)12-24-9-4-10-25-19(22)23;1-14(2,3)11-8-10(6-4-5-7-16)9-12(13(11)15)17(18)19/h5-8,11,13,24H,4,9-10,12H2,1-3H3,(H4,22,23,25)(H,26,27,29);8-9H,4-7,16H2,1-3H3. The molecule has 0 radical (unpaired) electrons. The summed E-state index contributed by atoms with van der Waals surface area (Å²) in [7, 11) is 0. The fraction of sp³-hybridized carbons (Fsp3) is 0.457. The van der Waals surface area contributed by atoms with Gasteiger partial charge in [-0.1, -0.05) is 71.3 Å². The third-order valence-corrected chi connectivity index (χ3v) is 8.10. The number of H-pyrrole nitrogens is 1. The second-order valence-electron chi connectivity index (χ2n) is 13.9. The van der Waals surface area contributed by atoms with Gasteiger partial charge in [0.05, 0.1) is 10.6 Å². The quantitative estimate of drug-likeness (QED) is 0.0420. The predicted molar refractivity (Wildman–Crippen MR) is 196 cm³/mol. The van der Waals surface area contributed by atoms with E-state index in [1.807, 2.05) is 57.3 Å². The van der Waals surface area contributed by atoms with Crippen LogP contribution in [0.5, 0.6) is 0 Å². The Labute approximate surface area is 287 Å². The van der Waals surface area contributed by atoms with Crippen molar-refractivity contribution in [3.8, 4) is 5.69 Å². The number of benzene rings is 2. The van der Waals surface area contributed by atoms with E-state index < -0.39 is 4.92 Å². The van der Waals surface area contributed by atoms with Crippen LogP contribution in [0.25, 0.3) is 16.7 Å². The van der Waals surface area contributed by atoms with Crippen molar-refractivity contribution in [3.63, 3.8) is 0 Å². The summed E-state index contributed by atoms with van der Waals surface area (Å²) in [5.74, 6) is 0.123. The van der Waals surface area contributed by atoms with Gasteiger partial charge in [-0.15, -0.1) is 0 Å². The molecule has 13 heteroatoms. The zero-order chi connectivity index (χ0) is 35.6. The number of aromatic amines is 1. The smallest absolute Gasteiger partial charge is 0.354 e. The maximum Gasteiger partial charge on any atom is 0.354 e. The summed E-state index contributed by atoms with van der Waals surface area (Å²) in [6, 6.07) is 13.5. The van der Waals surface area contributed by atoms with Crippen LogP contribution in [0, 0.1) is 10.1 Å². The number of nitrogens with zero attached hydrogens (tertiary/aromatic N) is 4. The zero-order valence-electron chi connectivity index (χ0n) is 28.9. The molecule has 2 aromatic carbocycles. The molecule has 0 bridgehead atoms. The molecule has 0 unspecified atom stereocenters. The summed E-state index contributed by atoms with van der Waals surface area (Å²) in [5.41, 5.74) is 20.9. The van der Waals surface area contributed by atoms with Gasteiger partial charge in [0, 0.05) is 41.8 Å². The number of aromatic nitrogens is 3. The number of hydrogen-bond acceptors (Lipinski definition) is 7. The SMILES string of the molecule is CC(C)(C)c1cc(CCCCN)cc([N+](=O)[O-])c1Cl.CC(C)(C)c1cc2cn(-c3ccc(CNCCCN=C(N)N)cc3)c(=O)nc2[nH]1. The van der Waals surface area contributed by atoms with E-state index in [1.165, 1.54) is 0 Å². The summed E-state index contributed by atoms with van der Waals surface area (Å²) in [5, 5.41) is 15.6. The van der Waals surface area contributed by atoms with E-state index in [4.69, 9.17) is 28.8 Å². The maximum absolute atomic E-state index is 12.5. The van der Waals surface area contributed by atoms with Crippen molar-refractivity contribution in [1.29, 1.82) is 0 Å². The largest absolute Gasteiger partial charge is 0.370 e. The molecule has 0 saturated heterocycles. The molecule has 0 saturated carbocycles. The van der Waals surface area contributed by atoms with Crippen molar-refractivity contribution < 1.29 is 4.92 Å². The lowest BCUT2D eigenvalue weighted by Crippen LogP contribution is -2.23. The Morgan fingerprint density at radius 3 is 2.29 bits per heavy atom. The lowest BCUT2D eigenvalue weighted by molar-refractivity contribution is -0.384. The lowest BCUT2D eigenvalue weighted by atomic mass is 9.85. The Morgan fingerprint density at radius 2 is 1.71 bits per heavy atom. The van der Waals surface area contributed by atoms with Gasteiger partial charge in [0.2, 0.25) is 0 Å². The molecule has 8 N–H and O–H groups in total. The molecular weight excluding hydrogens is 630 g/mol. The molecule has 0 atom stereocenters. The minimum absolute atomic E-state index is 0.00293. The number of nitrogens with one attached hydrogen (secondary N) is 2. The van der Waals surface area contributed by atoms with Crippen LogP contribution in [0.2, 0.25) is 5.02 Å². The Morgan fingerprint density at radius 1 is 1.02 bits per heavy atom. The van der Waals surface area contributed by atoms with Crippen LogP contribution in [0.3, 0.4) is 0 Å². The molecule has 0 aliphatic heterocycles. The third-order valence-electron chi connectivity index (χ3n) is 7.70. The van der Waals surface area contributed by atoms with Gasteiger partial charge >= 0.3 is 5.69 Å². The van der Waals surface area contributed by atoms with E-state index in [1.54, 1.807) is 10.6 Å². The van der Waals surface area contributed by atoms with Crippen LogP contribution in [0.1, 0.15) is 83.2 Å². The topological polar surface area (TPSA) is 196 Å². The van der Waals surface area contributed by atoms with Crippen molar-refractivity contribution >= 4 is 34.3 Å². The van der Waals surface area contributed by atoms with Crippen molar-refractivity contribution in [2.24, 2.45) is 22.2 Å². The van der Waals surface area contributed by atoms with E-state index >= 15 is 0 Å². The predicted octanol–water partition coefficient (Wildman–Crippen LogP) is 5.59. The molecule has 0 amide bonds. The molecule has 2 heterocycles. The average Bonchev–Trinajstić information content (AvgIpc) is 3.43. The van der Waals surface area contributed by atoms with Gasteiger partial charge < -0.3 is 27.5 Å². The van der Waals surface area contributed by atoms with Crippen LogP contribution >= 0.6 is 11.6 Å². The first-order valence-electron chi connectivity index (χ1n) is 16.2. The Hall–Kier alpha value is -4.26. The van der Waals surface area contributed by atoms with Gasteiger partial charge in [-0.05, 0) is 79.1 Å². The molecule has 260 valence electrons. The summed E-state index contributed by atoms with van der Waals surface area (Å²) < 4.78 is 1.58. The monoisotopic (exact) mass is 679 g/mol. The maximum atomic E-state index is 12.5. The van der Waals surface area contributed by atoms with Gasteiger partial charge in [0.25, 0.3) is 5.69 Å². The minimum Gasteiger partial charge on any atom is -0.370 e. The van der Waals surface area contributed by atoms with Gasteiger partial charge in [0.1, 0.15) is 10.7 Å². The highest BCUT2D eigenvalue weighted by Crippen LogP contribution is 2.37. The summed E-state index contributed by atoms with van der Waals surface area (Å²) in [6.45, 7) is 15.2. The first-order valence-corrected chi connectivity index (χ1v) is 16.5. The normalized spacial score (nSPS) is 11.7. The number of nitro benzene ring substituents is 1. The van der Waals surface area contributed by atoms with Crippen molar-refractivity contribution in [2.75, 3.05) is 19.6 Å². The first kappa shape index (κ1) is 38.2. The van der Waals surface area contributed by atoms with Crippen LogP contribution in [-0.4, -0.2) is 45.1 Å². The Kier molecular flexibility index (Phi) is 13.3. The Balaban J connectivity index is 0.000000286. The molecular formula is C35H50ClN9O3. The van der Waals surface area contributed by atoms with Crippen LogP contribution < -0.4 is 28.2 Å². The molecule has 0 spiro atoms. The number of rotatable bonds is 12. The molecule has 12 nitrogen and oxygen atoms in total. The fourth-order valence-corrected chi connectivity index (χ4v) is 5.43. The first-order chi connectivity index (χ1) is 22.5. The number of nitrogens with two attached hydrogens (primary N) is 3. The highest BCUT2D eigenvalue weighted by Gasteiger charge is 2.25. The zero-order valence-corrected chi connectivity index (χ0v) is 29.7. The third kappa shape index (κ3) is 10.9. The molecule has 2 aromatic heterocycles. The van der Waals surface area contributed by atoms with Crippen LogP contribution in [-0.2, 0) is 23.8 Å². The summed E-state index contributed by atoms with van der Waals surface area (Å²) in [4.78, 5) is 34.6. The minimum atomic E-state index is -0.413. The van der Waals surface area contributed by atoms with Gasteiger partial charge in [-0.3, -0.25) is 19.7 Å². The molecule has 0 aliphatic rings. The number of nitro groups is 1. The number of fused-ring (bicyclic) bond motifs is 1. The van der Waals surface area contributed by atoms with E-state index in [9.17, 15) is 14.9 Å². The van der Waals surface area contributed by atoms with Crippen LogP contribution in [0.15, 0.2) is 58.4 Å². The fourth-order valence-electron chi connectivity index (χ4n) is 4.97. The summed E-state index contributed by atoms with van der Waals surface area (Å²) in [6.07, 6.45) is 5.34. The van der Waals surface area contributed by atoms with Crippen LogP contribution in [0.4, 0.5) is 5.69 Å². The van der Waals surface area contributed by atoms with Gasteiger partial charge in [-0.2, -0.15) is 4.98 Å². The number of aryl methyl sites for hydroxylation is 1. The van der Waals surface area contributed by atoms with Crippen molar-refractivity contribution in [3.05, 3.63) is 96.7 Å². The Bertz CT molecular complexity index is 1760. The van der Waals surface area contributed by atoms with Gasteiger partial charge in [-0.25, -0.2) is 4.79 Å². The van der Waals surface area contributed by atoms with Gasteiger partial charge in [0.15, 0.2) is 5.96 Å². The van der Waals surface area contributed by atoms with E-state index in [0.717, 1.165) is 72.2 Å². The lowest BCUT2D eigenvalue weighted by Gasteiger charge is -2.21. The van der Waals surface area contributed by atoms with E-state index in [-0.39, 0.29) is 33.2 Å². The summed E-state index contributed by atoms with van der Waals surface area (Å²) >= 11 is 6.16. The molecule has 0 aliphatic carbocycles. The molecule has 0 fully saturated rings. The number of halogens is 1. The number of hydrogen-bond donors (Lipinski definition) is 5. The second kappa shape index (κ2) is 16.7. The number of aliphatic imine (C=N–C) groups is 1.